The number of rotatable bonds is 5. The van der Waals surface area contributed by atoms with Gasteiger partial charge >= 0.3 is 12.2 Å². The van der Waals surface area contributed by atoms with E-state index in [-0.39, 0.29) is 12.6 Å². The van der Waals surface area contributed by atoms with Crippen molar-refractivity contribution in [2.24, 2.45) is 5.92 Å². The Morgan fingerprint density at radius 1 is 1.27 bits per heavy atom. The van der Waals surface area contributed by atoms with Crippen LogP contribution in [0.1, 0.15) is 24.8 Å². The maximum absolute atomic E-state index is 12.7. The highest BCUT2D eigenvalue weighted by molar-refractivity contribution is 5.91. The van der Waals surface area contributed by atoms with Crippen LogP contribution in [0.25, 0.3) is 11.1 Å². The molecule has 10 heteroatoms. The lowest BCUT2D eigenvalue weighted by Crippen LogP contribution is -2.33. The van der Waals surface area contributed by atoms with Gasteiger partial charge in [0.05, 0.1) is 12.6 Å². The van der Waals surface area contributed by atoms with Gasteiger partial charge in [0, 0.05) is 31.8 Å². The molecule has 2 atom stereocenters. The smallest absolute Gasteiger partial charge is 0.384 e. The normalized spacial score (nSPS) is 20.8. The lowest BCUT2D eigenvalue weighted by atomic mass is 10.00. The van der Waals surface area contributed by atoms with Crippen molar-refractivity contribution < 1.29 is 22.7 Å². The van der Waals surface area contributed by atoms with E-state index in [4.69, 9.17) is 10.5 Å². The van der Waals surface area contributed by atoms with Crippen LogP contribution < -0.4 is 16.4 Å². The summed E-state index contributed by atoms with van der Waals surface area (Å²) in [5, 5.41) is 6.16. The van der Waals surface area contributed by atoms with Crippen molar-refractivity contribution in [3.63, 3.8) is 0 Å². The van der Waals surface area contributed by atoms with Gasteiger partial charge in [-0.3, -0.25) is 0 Å². The van der Waals surface area contributed by atoms with E-state index < -0.39 is 24.5 Å². The predicted molar refractivity (Wildman–Crippen MR) is 121 cm³/mol. The van der Waals surface area contributed by atoms with E-state index in [1.807, 2.05) is 25.1 Å². The third kappa shape index (κ3) is 6.07. The number of halogens is 3. The summed E-state index contributed by atoms with van der Waals surface area (Å²) < 4.78 is 43.4. The van der Waals surface area contributed by atoms with Crippen molar-refractivity contribution in [2.75, 3.05) is 42.7 Å². The number of aryl methyl sites for hydroxylation is 1. The van der Waals surface area contributed by atoms with Crippen molar-refractivity contribution in [1.29, 1.82) is 0 Å². The first-order valence-corrected chi connectivity index (χ1v) is 11.0. The zero-order valence-corrected chi connectivity index (χ0v) is 18.4. The number of nitrogens with zero attached hydrogens (tertiary/aromatic N) is 2. The summed E-state index contributed by atoms with van der Waals surface area (Å²) in [6, 6.07) is 8.97. The van der Waals surface area contributed by atoms with Crippen LogP contribution in [0.5, 0.6) is 0 Å². The Hall–Kier alpha value is -3.01. The van der Waals surface area contributed by atoms with Gasteiger partial charge in [-0.25, -0.2) is 9.78 Å². The molecule has 0 saturated carbocycles. The van der Waals surface area contributed by atoms with Crippen LogP contribution in [0.15, 0.2) is 30.3 Å². The van der Waals surface area contributed by atoms with Crippen LogP contribution in [-0.2, 0) is 4.74 Å². The molecule has 0 radical (unpaired) electrons. The maximum Gasteiger partial charge on any atom is 0.389 e. The van der Waals surface area contributed by atoms with Crippen LogP contribution in [0, 0.1) is 12.8 Å². The number of hydrogen-bond donors (Lipinski definition) is 3. The maximum atomic E-state index is 12.7. The highest BCUT2D eigenvalue weighted by atomic mass is 19.4. The molecule has 7 nitrogen and oxygen atoms in total. The minimum atomic E-state index is -4.21. The molecular formula is C23H28F3N5O2. The van der Waals surface area contributed by atoms with Gasteiger partial charge in [-0.2, -0.15) is 13.2 Å². The van der Waals surface area contributed by atoms with Crippen LogP contribution in [0.3, 0.4) is 0 Å². The standard InChI is InChI=1S/C23H28F3N5O2/c1-14-2-3-17(29-22(32)31-6-4-15(12-31)11-23(24,25)26)10-19(14)16-8-20(27)30-21(9-16)28-18-5-7-33-13-18/h2-3,8-10,15,18H,4-7,11-13H2,1H3,(H,29,32)(H3,27,28,30)/t15-,18+/m0/s1. The number of carbonyl (C=O) groups is 1. The van der Waals surface area contributed by atoms with Gasteiger partial charge in [0.25, 0.3) is 0 Å². The Labute approximate surface area is 190 Å². The van der Waals surface area contributed by atoms with Crippen LogP contribution in [0.2, 0.25) is 0 Å². The number of aromatic nitrogens is 1. The fraction of sp³-hybridized carbons (Fsp3) is 0.478. The number of urea groups is 1. The number of nitrogen functional groups attached to an aromatic ring is 1. The zero-order chi connectivity index (χ0) is 23.6. The second-order valence-electron chi connectivity index (χ2n) is 8.75. The van der Waals surface area contributed by atoms with Crippen LogP contribution in [-0.4, -0.2) is 54.4 Å². The zero-order valence-electron chi connectivity index (χ0n) is 18.4. The number of carbonyl (C=O) groups excluding carboxylic acids is 1. The van der Waals surface area contributed by atoms with Crippen LogP contribution in [0.4, 0.5) is 35.3 Å². The van der Waals surface area contributed by atoms with E-state index in [9.17, 15) is 18.0 Å². The molecule has 4 rings (SSSR count). The molecule has 2 aliphatic heterocycles. The first kappa shape index (κ1) is 23.2. The van der Waals surface area contributed by atoms with E-state index in [1.165, 1.54) is 4.90 Å². The first-order chi connectivity index (χ1) is 15.7. The number of amides is 2. The second kappa shape index (κ2) is 9.46. The van der Waals surface area contributed by atoms with Crippen molar-refractivity contribution in [2.45, 2.75) is 38.4 Å². The van der Waals surface area contributed by atoms with Gasteiger partial charge in [0.1, 0.15) is 11.6 Å². The Bertz CT molecular complexity index is 1010. The number of anilines is 3. The van der Waals surface area contributed by atoms with Gasteiger partial charge in [-0.05, 0) is 66.6 Å². The number of pyridine rings is 1. The van der Waals surface area contributed by atoms with Crippen molar-refractivity contribution in [1.82, 2.24) is 9.88 Å². The third-order valence-electron chi connectivity index (χ3n) is 6.02. The summed E-state index contributed by atoms with van der Waals surface area (Å²) in [5.74, 6) is 0.470. The summed E-state index contributed by atoms with van der Waals surface area (Å²) in [6.07, 6.45) is -3.83. The van der Waals surface area contributed by atoms with Gasteiger partial charge in [0.2, 0.25) is 0 Å². The van der Waals surface area contributed by atoms with E-state index in [1.54, 1.807) is 12.1 Å². The van der Waals surface area contributed by atoms with E-state index in [2.05, 4.69) is 15.6 Å². The monoisotopic (exact) mass is 463 g/mol. The Kier molecular flexibility index (Phi) is 6.64. The second-order valence-corrected chi connectivity index (χ2v) is 8.75. The van der Waals surface area contributed by atoms with Crippen molar-refractivity contribution >= 4 is 23.4 Å². The van der Waals surface area contributed by atoms with Crippen molar-refractivity contribution in [3.05, 3.63) is 35.9 Å². The molecule has 0 bridgehead atoms. The summed E-state index contributed by atoms with van der Waals surface area (Å²) in [4.78, 5) is 18.4. The number of nitrogens with two attached hydrogens (primary N) is 1. The SMILES string of the molecule is Cc1ccc(NC(=O)N2CC[C@@H](CC(F)(F)F)C2)cc1-c1cc(N)nc(N[C@@H]2CCOC2)c1. The molecule has 0 aliphatic carbocycles. The highest BCUT2D eigenvalue weighted by Gasteiger charge is 2.36. The van der Waals surface area contributed by atoms with Gasteiger partial charge < -0.3 is 26.0 Å². The Morgan fingerprint density at radius 2 is 2.09 bits per heavy atom. The minimum absolute atomic E-state index is 0.102. The number of nitrogens with one attached hydrogen (secondary N) is 2. The molecule has 2 aromatic rings. The summed E-state index contributed by atoms with van der Waals surface area (Å²) in [6.45, 7) is 3.70. The molecule has 1 aromatic heterocycles. The molecule has 0 spiro atoms. The summed E-state index contributed by atoms with van der Waals surface area (Å²) in [5.41, 5.74) is 9.32. The third-order valence-corrected chi connectivity index (χ3v) is 6.02. The number of benzene rings is 1. The minimum Gasteiger partial charge on any atom is -0.384 e. The lowest BCUT2D eigenvalue weighted by molar-refractivity contribution is -0.143. The number of hydrogen-bond acceptors (Lipinski definition) is 5. The molecule has 33 heavy (non-hydrogen) atoms. The first-order valence-electron chi connectivity index (χ1n) is 11.0. The summed E-state index contributed by atoms with van der Waals surface area (Å²) in [7, 11) is 0. The molecular weight excluding hydrogens is 435 g/mol. The molecule has 1 aromatic carbocycles. The quantitative estimate of drug-likeness (QED) is 0.601. The largest absolute Gasteiger partial charge is 0.389 e. The van der Waals surface area contributed by atoms with Crippen molar-refractivity contribution in [3.8, 4) is 11.1 Å². The Morgan fingerprint density at radius 3 is 2.82 bits per heavy atom. The van der Waals surface area contributed by atoms with Gasteiger partial charge in [-0.15, -0.1) is 0 Å². The van der Waals surface area contributed by atoms with Crippen LogP contribution >= 0.6 is 0 Å². The summed E-state index contributed by atoms with van der Waals surface area (Å²) >= 11 is 0. The molecule has 2 fully saturated rings. The number of ether oxygens (including phenoxy) is 1. The topological polar surface area (TPSA) is 92.5 Å². The fourth-order valence-corrected chi connectivity index (χ4v) is 4.36. The molecule has 178 valence electrons. The molecule has 2 amide bonds. The molecule has 0 unspecified atom stereocenters. The van der Waals surface area contributed by atoms with E-state index in [0.717, 1.165) is 23.1 Å². The molecule has 2 aliphatic rings. The number of likely N-dealkylation sites (tertiary alicyclic amines) is 1. The van der Waals surface area contributed by atoms with E-state index in [0.29, 0.717) is 43.5 Å². The fourth-order valence-electron chi connectivity index (χ4n) is 4.36. The average Bonchev–Trinajstić information content (AvgIpc) is 3.40. The average molecular weight is 464 g/mol. The van der Waals surface area contributed by atoms with Gasteiger partial charge in [0.15, 0.2) is 0 Å². The highest BCUT2D eigenvalue weighted by Crippen LogP contribution is 2.32. The predicted octanol–water partition coefficient (Wildman–Crippen LogP) is 4.65. The molecule has 4 N–H and O–H groups in total. The lowest BCUT2D eigenvalue weighted by Gasteiger charge is -2.19. The van der Waals surface area contributed by atoms with E-state index >= 15 is 0 Å². The molecule has 3 heterocycles. The van der Waals surface area contributed by atoms with Gasteiger partial charge in [-0.1, -0.05) is 6.07 Å². The Balaban J connectivity index is 1.47. The molecule has 2 saturated heterocycles. The number of alkyl halides is 3.